The third-order valence-corrected chi connectivity index (χ3v) is 14.9. The number of piperazine rings is 2. The molecule has 0 spiro atoms. The van der Waals surface area contributed by atoms with E-state index in [2.05, 4.69) is 30.0 Å². The van der Waals surface area contributed by atoms with Gasteiger partial charge in [0, 0.05) is 43.0 Å². The van der Waals surface area contributed by atoms with Gasteiger partial charge in [0.25, 0.3) is 0 Å². The van der Waals surface area contributed by atoms with Gasteiger partial charge in [0.1, 0.15) is 34.0 Å². The number of carbonyl (C=O) groups excluding carboxylic acids is 4. The van der Waals surface area contributed by atoms with Crippen LogP contribution < -0.4 is 21.3 Å². The van der Waals surface area contributed by atoms with Crippen LogP contribution in [0.15, 0.2) is 46.2 Å². The number of carbonyl (C=O) groups is 4. The van der Waals surface area contributed by atoms with E-state index in [0.29, 0.717) is 34.7 Å². The van der Waals surface area contributed by atoms with Gasteiger partial charge in [-0.3, -0.25) is 53.7 Å². The van der Waals surface area contributed by atoms with Gasteiger partial charge >= 0.3 is 46.6 Å². The van der Waals surface area contributed by atoms with Crippen molar-refractivity contribution in [2.24, 2.45) is 0 Å². The average molecular weight is 1300 g/mol. The molecule has 0 aliphatic carbocycles. The zero-order valence-corrected chi connectivity index (χ0v) is 54.0. The Bertz CT molecular complexity index is 3910. The van der Waals surface area contributed by atoms with Gasteiger partial charge < -0.3 is 39.0 Å². The van der Waals surface area contributed by atoms with Crippen molar-refractivity contribution in [2.45, 2.75) is 144 Å². The number of nitro groups is 2. The Morgan fingerprint density at radius 2 is 1.09 bits per heavy atom. The maximum absolute atomic E-state index is 15.1. The number of hydrogen-bond acceptors (Lipinski definition) is 20. The maximum atomic E-state index is 15.1. The lowest BCUT2D eigenvalue weighted by Crippen LogP contribution is -2.62. The van der Waals surface area contributed by atoms with Crippen LogP contribution in [0.3, 0.4) is 0 Å². The fourth-order valence-corrected chi connectivity index (χ4v) is 10.5. The number of methoxy groups -OCH3 is 2. The Morgan fingerprint density at radius 1 is 0.663 bits per heavy atom. The smallest absolute Gasteiger partial charge is 0.410 e. The molecule has 4 atom stereocenters. The molecule has 89 heavy (non-hydrogen) atoms. The van der Waals surface area contributed by atoms with Crippen molar-refractivity contribution in [3.63, 3.8) is 0 Å². The monoisotopic (exact) mass is 1300 g/mol. The van der Waals surface area contributed by atoms with Gasteiger partial charge in [-0.2, -0.15) is 0 Å². The second-order valence-corrected chi connectivity index (χ2v) is 24.7. The number of pyridine rings is 6. The first-order valence-corrected chi connectivity index (χ1v) is 28.9. The summed E-state index contributed by atoms with van der Waals surface area (Å²) in [6.45, 7) is 25.3. The second-order valence-electron chi connectivity index (χ2n) is 23.6. The predicted molar refractivity (Wildman–Crippen MR) is 328 cm³/mol. The number of esters is 2. The lowest BCUT2D eigenvalue weighted by molar-refractivity contribution is -0.386. The predicted octanol–water partition coefficient (Wildman–Crippen LogP) is 10.2. The van der Waals surface area contributed by atoms with Crippen LogP contribution in [-0.2, 0) is 28.5 Å². The van der Waals surface area contributed by atoms with Crippen molar-refractivity contribution < 1.29 is 56.8 Å². The van der Waals surface area contributed by atoms with Gasteiger partial charge in [-0.15, -0.1) is 0 Å². The van der Waals surface area contributed by atoms with E-state index in [1.165, 1.54) is 16.9 Å². The second kappa shape index (κ2) is 27.7. The van der Waals surface area contributed by atoms with Gasteiger partial charge in [0.15, 0.2) is 33.2 Å². The molecule has 0 saturated carbocycles. The van der Waals surface area contributed by atoms with E-state index in [1.54, 1.807) is 71.0 Å². The highest BCUT2D eigenvalue weighted by atomic mass is 35.5. The number of ether oxygens (including phenoxy) is 4. The topological polar surface area (TPSA) is 309 Å². The molecule has 6 aromatic heterocycles. The van der Waals surface area contributed by atoms with E-state index in [4.69, 9.17) is 49.0 Å². The van der Waals surface area contributed by atoms with E-state index in [-0.39, 0.29) is 76.9 Å². The molecular weight excluding hydrogens is 1230 g/mol. The number of anilines is 1. The molecule has 2 amide bonds. The normalized spacial score (nSPS) is 17.0. The molecule has 8 heterocycles. The molecule has 0 radical (unpaired) electrons. The minimum atomic E-state index is -1.33. The maximum Gasteiger partial charge on any atom is 0.410 e. The number of amides is 2. The number of halogens is 5. The summed E-state index contributed by atoms with van der Waals surface area (Å²) < 4.78 is 51.7. The van der Waals surface area contributed by atoms with Crippen LogP contribution in [0.1, 0.15) is 117 Å². The van der Waals surface area contributed by atoms with Crippen molar-refractivity contribution in [3.05, 3.63) is 127 Å². The molecule has 2 aliphatic rings. The van der Waals surface area contributed by atoms with Crippen molar-refractivity contribution in [3.8, 4) is 11.4 Å². The summed E-state index contributed by atoms with van der Waals surface area (Å²) >= 11 is 18.0. The minimum Gasteiger partial charge on any atom is -0.468 e. The fourth-order valence-electron chi connectivity index (χ4n) is 9.92. The van der Waals surface area contributed by atoms with Crippen LogP contribution in [-0.4, -0.2) is 149 Å². The van der Waals surface area contributed by atoms with Crippen LogP contribution in [0.4, 0.5) is 35.4 Å². The summed E-state index contributed by atoms with van der Waals surface area (Å²) in [7, 11) is 2.46. The summed E-state index contributed by atoms with van der Waals surface area (Å²) in [6, 6.07) is 2.67. The molecule has 2 fully saturated rings. The molecule has 6 aromatic rings. The highest BCUT2D eigenvalue weighted by Gasteiger charge is 2.45. The Kier molecular flexibility index (Phi) is 21.7. The lowest BCUT2D eigenvalue weighted by atomic mass is 10.0. The number of aryl methyl sites for hydroxylation is 2. The highest BCUT2D eigenvalue weighted by molar-refractivity contribution is 6.37. The first kappa shape index (κ1) is 69.9. The van der Waals surface area contributed by atoms with Crippen LogP contribution >= 0.6 is 34.8 Å². The summed E-state index contributed by atoms with van der Waals surface area (Å²) in [5.74, 6) is -3.43. The fraction of sp³-hybridized carbons (Fsp3) is 0.483. The quantitative estimate of drug-likeness (QED) is 0.0462. The number of rotatable bonds is 9. The molecule has 8 rings (SSSR count). The number of nitrogens with one attached hydrogen (secondary N) is 1. The van der Waals surface area contributed by atoms with E-state index in [0.717, 1.165) is 28.4 Å². The lowest BCUT2D eigenvalue weighted by Gasteiger charge is -2.44. The standard InChI is InChI=1S/C29H34ClFN6O7.C17H13Cl2FN4O3.C12H22N2O4/c1-14(2)20-21(15(3)9-10-32-20)36-25-17(11-18(31)24(30)33-25)22(23(26(36)38)37(41)42)35-12-16(4)34(13-19(35)27(39)43-8)28(40)44-29(5,6)7;1-7(2)12-13(8(3)4-5-21-12)23-16-9(6-10(20)15(19)22-16)11(18)14(17(23)25)24(26)27;1-8-6-13-9(10(15)17-5)7-14(8)11(16)18-12(2,3)4/h9-11,14,16,19H,12-13H2,1-8H3;4-7H,1-3H3;8-9,13H,6-7H2,1-5H3/t16-,19-;;8-,9-/m1.1/s1. The zero-order valence-electron chi connectivity index (χ0n) is 51.8. The van der Waals surface area contributed by atoms with E-state index in [9.17, 15) is 53.4 Å². The average Bonchev–Trinajstić information content (AvgIpc) is 0.745. The van der Waals surface area contributed by atoms with Gasteiger partial charge in [-0.05, 0) is 116 Å². The third-order valence-electron chi connectivity index (χ3n) is 14.0. The van der Waals surface area contributed by atoms with Crippen molar-refractivity contribution in [2.75, 3.05) is 45.3 Å². The molecule has 31 heteroatoms. The largest absolute Gasteiger partial charge is 0.468 e. The Hall–Kier alpha value is -8.21. The number of fused-ring (bicyclic) bond motifs is 2. The first-order valence-electron chi connectivity index (χ1n) is 27.8. The van der Waals surface area contributed by atoms with Crippen LogP contribution in [0.25, 0.3) is 33.4 Å². The van der Waals surface area contributed by atoms with Gasteiger partial charge in [0.05, 0.1) is 65.3 Å². The van der Waals surface area contributed by atoms with E-state index < -0.39 is 107 Å². The Morgan fingerprint density at radius 3 is 1.52 bits per heavy atom. The molecule has 0 aromatic carbocycles. The van der Waals surface area contributed by atoms with Crippen LogP contribution in [0.5, 0.6) is 0 Å². The number of hydrogen-bond donors (Lipinski definition) is 1. The highest BCUT2D eigenvalue weighted by Crippen LogP contribution is 2.40. The molecule has 2 saturated heterocycles. The van der Waals surface area contributed by atoms with Gasteiger partial charge in [-0.1, -0.05) is 62.5 Å². The van der Waals surface area contributed by atoms with Crippen LogP contribution in [0, 0.1) is 45.7 Å². The molecule has 1 N–H and O–H groups in total. The minimum absolute atomic E-state index is 0.0132. The van der Waals surface area contributed by atoms with Crippen LogP contribution in [0.2, 0.25) is 15.3 Å². The first-order chi connectivity index (χ1) is 41.4. The van der Waals surface area contributed by atoms with E-state index >= 15 is 4.39 Å². The number of aromatic nitrogens is 6. The molecule has 0 unspecified atom stereocenters. The van der Waals surface area contributed by atoms with Crippen molar-refractivity contribution >= 4 is 98.1 Å². The third kappa shape index (κ3) is 15.1. The summed E-state index contributed by atoms with van der Waals surface area (Å²) in [6.07, 6.45) is 2.02. The van der Waals surface area contributed by atoms with Gasteiger partial charge in [0.2, 0.25) is 0 Å². The molecule has 0 bridgehead atoms. The summed E-state index contributed by atoms with van der Waals surface area (Å²) in [5.41, 5.74) is -3.12. The van der Waals surface area contributed by atoms with Crippen molar-refractivity contribution in [1.82, 2.24) is 44.2 Å². The Labute approximate surface area is 524 Å². The zero-order chi connectivity index (χ0) is 66.8. The molecule has 2 aliphatic heterocycles. The molecule has 480 valence electrons. The van der Waals surface area contributed by atoms with E-state index in [1.807, 2.05) is 55.4 Å². The Balaban J connectivity index is 0.000000237. The molecule has 26 nitrogen and oxygen atoms in total. The SMILES string of the molecule is COC(=O)[C@H]1CN(C(=O)OC(C)(C)C)[C@H](C)CN1.COC(=O)[C@H]1CN(C(=O)OC(C)(C)C)[C@H](C)CN1c1c([N+](=O)[O-])c(=O)n(-c2c(C)ccnc2C(C)C)c2nc(Cl)c(F)cc12.Cc1ccnc(C(C)C)c1-n1c(=O)c([N+](=O)[O-])c(Cl)c2cc(F)c(Cl)nc21. The number of nitrogens with zero attached hydrogens (tertiary/aromatic N) is 11. The molecular formula is C58H69Cl3F2N12O14. The summed E-state index contributed by atoms with van der Waals surface area (Å²) in [4.78, 5) is 120. The summed E-state index contributed by atoms with van der Waals surface area (Å²) in [5, 5.41) is 25.5. The van der Waals surface area contributed by atoms with Crippen molar-refractivity contribution in [1.29, 1.82) is 0 Å². The van der Waals surface area contributed by atoms with Gasteiger partial charge in [-0.25, -0.2) is 33.1 Å².